The zero-order valence-corrected chi connectivity index (χ0v) is 13.3. The van der Waals surface area contributed by atoms with E-state index in [2.05, 4.69) is 54.4 Å². The van der Waals surface area contributed by atoms with E-state index in [0.717, 1.165) is 45.8 Å². The Morgan fingerprint density at radius 1 is 1.15 bits per heavy atom. The van der Waals surface area contributed by atoms with E-state index in [9.17, 15) is 0 Å². The van der Waals surface area contributed by atoms with Crippen molar-refractivity contribution in [2.45, 2.75) is 33.2 Å². The van der Waals surface area contributed by atoms with E-state index in [4.69, 9.17) is 4.74 Å². The van der Waals surface area contributed by atoms with Gasteiger partial charge in [-0.3, -0.25) is 4.90 Å². The topological polar surface area (TPSA) is 24.5 Å². The van der Waals surface area contributed by atoms with Crippen molar-refractivity contribution in [1.82, 2.24) is 10.2 Å². The minimum Gasteiger partial charge on any atom is -0.380 e. The van der Waals surface area contributed by atoms with Crippen LogP contribution < -0.4 is 5.32 Å². The van der Waals surface area contributed by atoms with Crippen molar-refractivity contribution >= 4 is 0 Å². The van der Waals surface area contributed by atoms with Gasteiger partial charge in [0.25, 0.3) is 0 Å². The molecule has 1 rings (SSSR count). The number of nitrogens with zero attached hydrogens (tertiary/aromatic N) is 1. The number of hydrogen-bond donors (Lipinski definition) is 1. The number of benzene rings is 1. The molecular weight excluding hydrogens is 248 g/mol. The maximum absolute atomic E-state index is 5.47. The zero-order valence-electron chi connectivity index (χ0n) is 13.3. The fraction of sp³-hybridized carbons (Fsp3) is 0.647. The van der Waals surface area contributed by atoms with Crippen molar-refractivity contribution in [1.29, 1.82) is 0 Å². The molecule has 0 saturated carbocycles. The highest BCUT2D eigenvalue weighted by Crippen LogP contribution is 2.14. The van der Waals surface area contributed by atoms with Gasteiger partial charge in [0, 0.05) is 25.7 Å². The lowest BCUT2D eigenvalue weighted by molar-refractivity contribution is 0.111. The Balaban J connectivity index is 2.58. The first-order valence-electron chi connectivity index (χ1n) is 7.90. The minimum absolute atomic E-state index is 0.401. The average molecular weight is 278 g/mol. The molecule has 0 radical (unpaired) electrons. The van der Waals surface area contributed by atoms with Crippen LogP contribution in [0.5, 0.6) is 0 Å². The van der Waals surface area contributed by atoms with Gasteiger partial charge in [0.1, 0.15) is 0 Å². The van der Waals surface area contributed by atoms with Gasteiger partial charge in [-0.2, -0.15) is 0 Å². The smallest absolute Gasteiger partial charge is 0.0593 e. The summed E-state index contributed by atoms with van der Waals surface area (Å²) in [6.45, 7) is 12.2. The quantitative estimate of drug-likeness (QED) is 0.630. The van der Waals surface area contributed by atoms with E-state index in [1.54, 1.807) is 0 Å². The van der Waals surface area contributed by atoms with Crippen molar-refractivity contribution in [2.24, 2.45) is 0 Å². The third-order valence-electron chi connectivity index (χ3n) is 3.49. The Bertz CT molecular complexity index is 329. The molecule has 0 bridgehead atoms. The monoisotopic (exact) mass is 278 g/mol. The van der Waals surface area contributed by atoms with Gasteiger partial charge in [-0.25, -0.2) is 0 Å². The zero-order chi connectivity index (χ0) is 14.6. The van der Waals surface area contributed by atoms with Gasteiger partial charge < -0.3 is 10.1 Å². The summed E-state index contributed by atoms with van der Waals surface area (Å²) >= 11 is 0. The molecule has 0 aliphatic heterocycles. The first-order valence-corrected chi connectivity index (χ1v) is 7.90. The molecule has 0 amide bonds. The van der Waals surface area contributed by atoms with Crippen molar-refractivity contribution < 1.29 is 4.74 Å². The standard InChI is InChI=1S/C17H30N2O/c1-4-12-18-17(16-10-8-7-9-11-16)15-19(5-2)13-14-20-6-3/h7-11,17-18H,4-6,12-15H2,1-3H3. The molecule has 1 atom stereocenters. The van der Waals surface area contributed by atoms with E-state index in [1.807, 2.05) is 6.92 Å². The van der Waals surface area contributed by atoms with Crippen LogP contribution in [0.3, 0.4) is 0 Å². The molecule has 1 aromatic carbocycles. The molecule has 1 unspecified atom stereocenters. The highest BCUT2D eigenvalue weighted by Gasteiger charge is 2.14. The van der Waals surface area contributed by atoms with Gasteiger partial charge in [-0.1, -0.05) is 44.2 Å². The largest absolute Gasteiger partial charge is 0.380 e. The van der Waals surface area contributed by atoms with Crippen LogP contribution in [0.4, 0.5) is 0 Å². The summed E-state index contributed by atoms with van der Waals surface area (Å²) in [5, 5.41) is 3.66. The molecule has 0 aliphatic rings. The summed E-state index contributed by atoms with van der Waals surface area (Å²) in [6.07, 6.45) is 1.16. The molecule has 3 nitrogen and oxygen atoms in total. The molecule has 0 spiro atoms. The molecule has 0 aromatic heterocycles. The van der Waals surface area contributed by atoms with Gasteiger partial charge in [-0.15, -0.1) is 0 Å². The Hall–Kier alpha value is -0.900. The summed E-state index contributed by atoms with van der Waals surface area (Å²) in [4.78, 5) is 2.45. The van der Waals surface area contributed by atoms with E-state index >= 15 is 0 Å². The predicted octanol–water partition coefficient (Wildman–Crippen LogP) is 3.09. The van der Waals surface area contributed by atoms with Crippen LogP contribution in [0.15, 0.2) is 30.3 Å². The highest BCUT2D eigenvalue weighted by atomic mass is 16.5. The summed E-state index contributed by atoms with van der Waals surface area (Å²) < 4.78 is 5.47. The van der Waals surface area contributed by atoms with Crippen LogP contribution in [-0.2, 0) is 4.74 Å². The fourth-order valence-electron chi connectivity index (χ4n) is 2.27. The highest BCUT2D eigenvalue weighted by molar-refractivity contribution is 5.19. The Morgan fingerprint density at radius 2 is 1.90 bits per heavy atom. The summed E-state index contributed by atoms with van der Waals surface area (Å²) in [5.41, 5.74) is 1.37. The van der Waals surface area contributed by atoms with Crippen LogP contribution in [0.25, 0.3) is 0 Å². The molecule has 1 aromatic rings. The van der Waals surface area contributed by atoms with E-state index in [0.29, 0.717) is 6.04 Å². The lowest BCUT2D eigenvalue weighted by atomic mass is 10.1. The summed E-state index contributed by atoms with van der Waals surface area (Å²) in [5.74, 6) is 0. The fourth-order valence-corrected chi connectivity index (χ4v) is 2.27. The van der Waals surface area contributed by atoms with Crippen molar-refractivity contribution in [3.05, 3.63) is 35.9 Å². The second-order valence-corrected chi connectivity index (χ2v) is 5.01. The number of likely N-dealkylation sites (N-methyl/N-ethyl adjacent to an activating group) is 1. The van der Waals surface area contributed by atoms with Crippen LogP contribution in [0.1, 0.15) is 38.8 Å². The predicted molar refractivity (Wildman–Crippen MR) is 86.1 cm³/mol. The molecule has 3 heteroatoms. The third kappa shape index (κ3) is 6.51. The molecule has 0 fully saturated rings. The van der Waals surface area contributed by atoms with Gasteiger partial charge in [-0.05, 0) is 32.0 Å². The van der Waals surface area contributed by atoms with Crippen LogP contribution in [0, 0.1) is 0 Å². The van der Waals surface area contributed by atoms with E-state index in [1.165, 1.54) is 5.56 Å². The summed E-state index contributed by atoms with van der Waals surface area (Å²) in [6, 6.07) is 11.1. The first kappa shape index (κ1) is 17.2. The summed E-state index contributed by atoms with van der Waals surface area (Å²) in [7, 11) is 0. The number of ether oxygens (including phenoxy) is 1. The Kier molecular flexibility index (Phi) is 9.29. The maximum Gasteiger partial charge on any atom is 0.0593 e. The number of rotatable bonds is 11. The average Bonchev–Trinajstić information content (AvgIpc) is 2.50. The number of hydrogen-bond acceptors (Lipinski definition) is 3. The Labute approximate surface area is 124 Å². The van der Waals surface area contributed by atoms with E-state index < -0.39 is 0 Å². The third-order valence-corrected chi connectivity index (χ3v) is 3.49. The molecule has 114 valence electrons. The SMILES string of the molecule is CCCNC(CN(CC)CCOCC)c1ccccc1. The minimum atomic E-state index is 0.401. The van der Waals surface area contributed by atoms with Crippen LogP contribution in [-0.4, -0.2) is 44.3 Å². The molecule has 0 heterocycles. The van der Waals surface area contributed by atoms with Gasteiger partial charge in [0.05, 0.1) is 6.61 Å². The number of nitrogens with one attached hydrogen (secondary N) is 1. The lowest BCUT2D eigenvalue weighted by Crippen LogP contribution is -2.37. The van der Waals surface area contributed by atoms with Crippen LogP contribution >= 0.6 is 0 Å². The molecule has 0 aliphatic carbocycles. The Morgan fingerprint density at radius 3 is 2.50 bits per heavy atom. The van der Waals surface area contributed by atoms with E-state index in [-0.39, 0.29) is 0 Å². The van der Waals surface area contributed by atoms with Crippen LogP contribution in [0.2, 0.25) is 0 Å². The van der Waals surface area contributed by atoms with Crippen molar-refractivity contribution in [3.8, 4) is 0 Å². The molecule has 20 heavy (non-hydrogen) atoms. The molecule has 0 saturated heterocycles. The molecular formula is C17H30N2O. The van der Waals surface area contributed by atoms with Gasteiger partial charge >= 0.3 is 0 Å². The second-order valence-electron chi connectivity index (χ2n) is 5.01. The first-order chi connectivity index (χ1) is 9.81. The normalized spacial score (nSPS) is 12.8. The van der Waals surface area contributed by atoms with Crippen molar-refractivity contribution in [3.63, 3.8) is 0 Å². The van der Waals surface area contributed by atoms with Crippen molar-refractivity contribution in [2.75, 3.05) is 39.4 Å². The van der Waals surface area contributed by atoms with Gasteiger partial charge in [0.15, 0.2) is 0 Å². The van der Waals surface area contributed by atoms with Gasteiger partial charge in [0.2, 0.25) is 0 Å². The second kappa shape index (κ2) is 10.8. The maximum atomic E-state index is 5.47. The molecule has 1 N–H and O–H groups in total. The lowest BCUT2D eigenvalue weighted by Gasteiger charge is -2.27.